The third kappa shape index (κ3) is 3.47. The molecule has 0 fully saturated rings. The highest BCUT2D eigenvalue weighted by molar-refractivity contribution is 6.30. The molecule has 0 aliphatic carbocycles. The number of ether oxygens (including phenoxy) is 1. The van der Waals surface area contributed by atoms with Gasteiger partial charge in [0.05, 0.1) is 24.2 Å². The fraction of sp³-hybridized carbons (Fsp3) is 0.368. The first kappa shape index (κ1) is 19.5. The molecular formula is C19H16ClF3N2O2. The zero-order valence-electron chi connectivity index (χ0n) is 14.5. The van der Waals surface area contributed by atoms with E-state index in [1.165, 1.54) is 12.1 Å². The van der Waals surface area contributed by atoms with Gasteiger partial charge in [-0.25, -0.2) is 4.98 Å². The second-order valence-electron chi connectivity index (χ2n) is 6.69. The minimum atomic E-state index is -4.43. The molecule has 0 saturated heterocycles. The maximum atomic E-state index is 12.7. The lowest BCUT2D eigenvalue weighted by molar-refractivity contribution is -0.137. The summed E-state index contributed by atoms with van der Waals surface area (Å²) in [4.78, 5) is 4.20. The number of halogens is 4. The highest BCUT2D eigenvalue weighted by Crippen LogP contribution is 2.46. The van der Waals surface area contributed by atoms with Crippen molar-refractivity contribution in [1.29, 1.82) is 5.26 Å². The number of aromatic hydroxyl groups is 1. The summed E-state index contributed by atoms with van der Waals surface area (Å²) in [6.45, 7) is 3.69. The fourth-order valence-corrected chi connectivity index (χ4v) is 3.44. The first-order valence-electron chi connectivity index (χ1n) is 8.24. The fourth-order valence-electron chi connectivity index (χ4n) is 3.14. The van der Waals surface area contributed by atoms with Gasteiger partial charge in [-0.2, -0.15) is 18.4 Å². The summed E-state index contributed by atoms with van der Waals surface area (Å²) in [6, 6.07) is 6.68. The van der Waals surface area contributed by atoms with Crippen LogP contribution in [0.1, 0.15) is 53.8 Å². The van der Waals surface area contributed by atoms with Crippen molar-refractivity contribution in [3.8, 4) is 11.8 Å². The number of pyridine rings is 1. The van der Waals surface area contributed by atoms with E-state index in [4.69, 9.17) is 16.3 Å². The molecule has 3 rings (SSSR count). The van der Waals surface area contributed by atoms with Crippen molar-refractivity contribution in [2.45, 2.75) is 38.7 Å². The quantitative estimate of drug-likeness (QED) is 0.711. The molecule has 1 aliphatic rings. The molecule has 142 valence electrons. The molecule has 0 bridgehead atoms. The number of nitriles is 1. The molecule has 0 radical (unpaired) electrons. The molecular weight excluding hydrogens is 381 g/mol. The Kier molecular flexibility index (Phi) is 5.06. The number of benzene rings is 1. The average Bonchev–Trinajstić information content (AvgIpc) is 3.05. The smallest absolute Gasteiger partial charge is 0.416 e. The topological polar surface area (TPSA) is 66.1 Å². The van der Waals surface area contributed by atoms with Crippen molar-refractivity contribution in [2.24, 2.45) is 5.92 Å². The number of alkyl halides is 3. The molecule has 2 aromatic rings. The second kappa shape index (κ2) is 7.02. The van der Waals surface area contributed by atoms with Gasteiger partial charge >= 0.3 is 6.18 Å². The van der Waals surface area contributed by atoms with Gasteiger partial charge in [0.1, 0.15) is 22.7 Å². The van der Waals surface area contributed by atoms with E-state index in [0.717, 1.165) is 12.1 Å². The molecule has 1 aromatic heterocycles. The van der Waals surface area contributed by atoms with Crippen LogP contribution in [0.5, 0.6) is 5.75 Å². The highest BCUT2D eigenvalue weighted by Gasteiger charge is 2.35. The van der Waals surface area contributed by atoms with Crippen LogP contribution in [0.2, 0.25) is 5.15 Å². The first-order chi connectivity index (χ1) is 12.6. The van der Waals surface area contributed by atoms with Crippen LogP contribution >= 0.6 is 11.6 Å². The van der Waals surface area contributed by atoms with Crippen LogP contribution in [0.25, 0.3) is 0 Å². The van der Waals surface area contributed by atoms with E-state index in [0.29, 0.717) is 16.7 Å². The SMILES string of the molecule is CC(C)C(C#N)c1nc(Cl)c2c(c1O)COC2c1ccc(C(F)(F)F)cc1. The third-order valence-corrected chi connectivity index (χ3v) is 4.88. The van der Waals surface area contributed by atoms with E-state index < -0.39 is 23.8 Å². The van der Waals surface area contributed by atoms with Crippen LogP contribution in [0.3, 0.4) is 0 Å². The van der Waals surface area contributed by atoms with E-state index in [1.54, 1.807) is 0 Å². The maximum absolute atomic E-state index is 12.7. The van der Waals surface area contributed by atoms with Crippen LogP contribution in [0, 0.1) is 17.2 Å². The number of hydrogen-bond donors (Lipinski definition) is 1. The van der Waals surface area contributed by atoms with Gasteiger partial charge in [-0.1, -0.05) is 37.6 Å². The lowest BCUT2D eigenvalue weighted by Gasteiger charge is -2.18. The van der Waals surface area contributed by atoms with E-state index >= 15 is 0 Å². The summed E-state index contributed by atoms with van der Waals surface area (Å²) >= 11 is 6.31. The zero-order chi connectivity index (χ0) is 19.9. The molecule has 0 amide bonds. The Balaban J connectivity index is 2.03. The van der Waals surface area contributed by atoms with Gasteiger partial charge in [-0.15, -0.1) is 0 Å². The molecule has 1 aliphatic heterocycles. The number of aromatic nitrogens is 1. The second-order valence-corrected chi connectivity index (χ2v) is 7.05. The predicted octanol–water partition coefficient (Wildman–Crippen LogP) is 5.34. The Morgan fingerprint density at radius 1 is 1.30 bits per heavy atom. The lowest BCUT2D eigenvalue weighted by atomic mass is 9.90. The summed E-state index contributed by atoms with van der Waals surface area (Å²) in [5, 5.41) is 20.0. The van der Waals surface area contributed by atoms with Gasteiger partial charge in [0.2, 0.25) is 0 Å². The van der Waals surface area contributed by atoms with Crippen LogP contribution in [-0.2, 0) is 17.5 Å². The summed E-state index contributed by atoms with van der Waals surface area (Å²) in [5.41, 5.74) is 0.723. The number of rotatable bonds is 3. The van der Waals surface area contributed by atoms with Crippen molar-refractivity contribution >= 4 is 11.6 Å². The van der Waals surface area contributed by atoms with Gasteiger partial charge in [0.25, 0.3) is 0 Å². The molecule has 2 atom stereocenters. The van der Waals surface area contributed by atoms with Crippen molar-refractivity contribution in [3.05, 3.63) is 57.4 Å². The van der Waals surface area contributed by atoms with Crippen LogP contribution in [-0.4, -0.2) is 10.1 Å². The molecule has 1 aromatic carbocycles. The van der Waals surface area contributed by atoms with Gasteiger partial charge < -0.3 is 9.84 Å². The number of fused-ring (bicyclic) bond motifs is 1. The predicted molar refractivity (Wildman–Crippen MR) is 92.2 cm³/mol. The summed E-state index contributed by atoms with van der Waals surface area (Å²) in [6.07, 6.45) is -5.16. The Labute approximate surface area is 159 Å². The molecule has 8 heteroatoms. The first-order valence-corrected chi connectivity index (χ1v) is 8.62. The summed E-state index contributed by atoms with van der Waals surface area (Å²) in [7, 11) is 0. The third-order valence-electron chi connectivity index (χ3n) is 4.59. The lowest BCUT2D eigenvalue weighted by Crippen LogP contribution is -2.10. The van der Waals surface area contributed by atoms with E-state index in [1.807, 2.05) is 13.8 Å². The molecule has 2 unspecified atom stereocenters. The molecule has 4 nitrogen and oxygen atoms in total. The molecule has 1 N–H and O–H groups in total. The van der Waals surface area contributed by atoms with E-state index in [2.05, 4.69) is 11.1 Å². The standard InChI is InChI=1S/C19H16ClF3N2O2/c1-9(2)12(7-24)15-16(26)13-8-27-17(14(13)18(20)25-15)10-3-5-11(6-4-10)19(21,22)23/h3-6,9,12,17,26H,8H2,1-2H3. The summed E-state index contributed by atoms with van der Waals surface area (Å²) in [5.74, 6) is -0.877. The Morgan fingerprint density at radius 3 is 2.44 bits per heavy atom. The minimum Gasteiger partial charge on any atom is -0.506 e. The monoisotopic (exact) mass is 396 g/mol. The van der Waals surface area contributed by atoms with Gasteiger partial charge in [0.15, 0.2) is 0 Å². The number of nitrogens with zero attached hydrogens (tertiary/aromatic N) is 2. The van der Waals surface area contributed by atoms with Crippen LogP contribution in [0.4, 0.5) is 13.2 Å². The zero-order valence-corrected chi connectivity index (χ0v) is 15.3. The Bertz CT molecular complexity index is 905. The minimum absolute atomic E-state index is 0.0261. The number of hydrogen-bond acceptors (Lipinski definition) is 4. The van der Waals surface area contributed by atoms with E-state index in [9.17, 15) is 23.5 Å². The molecule has 0 saturated carbocycles. The van der Waals surface area contributed by atoms with Gasteiger partial charge in [0, 0.05) is 11.1 Å². The normalized spacial score (nSPS) is 17.6. The highest BCUT2D eigenvalue weighted by atomic mass is 35.5. The van der Waals surface area contributed by atoms with Crippen molar-refractivity contribution in [2.75, 3.05) is 0 Å². The van der Waals surface area contributed by atoms with Crippen molar-refractivity contribution in [3.63, 3.8) is 0 Å². The summed E-state index contributed by atoms with van der Waals surface area (Å²) < 4.78 is 43.9. The average molecular weight is 397 g/mol. The van der Waals surface area contributed by atoms with Crippen LogP contribution in [0.15, 0.2) is 24.3 Å². The molecule has 2 heterocycles. The Morgan fingerprint density at radius 2 is 1.93 bits per heavy atom. The largest absolute Gasteiger partial charge is 0.506 e. The van der Waals surface area contributed by atoms with Crippen molar-refractivity contribution < 1.29 is 23.0 Å². The van der Waals surface area contributed by atoms with Crippen LogP contribution < -0.4 is 0 Å². The van der Waals surface area contributed by atoms with Crippen molar-refractivity contribution in [1.82, 2.24) is 4.98 Å². The van der Waals surface area contributed by atoms with E-state index in [-0.39, 0.29) is 29.1 Å². The van der Waals surface area contributed by atoms with Gasteiger partial charge in [-0.05, 0) is 23.6 Å². The molecule has 0 spiro atoms. The van der Waals surface area contributed by atoms with Gasteiger partial charge in [-0.3, -0.25) is 0 Å². The maximum Gasteiger partial charge on any atom is 0.416 e. The molecule has 27 heavy (non-hydrogen) atoms. The Hall–Kier alpha value is -2.30.